The highest BCUT2D eigenvalue weighted by Crippen LogP contribution is 2.21. The molecule has 1 aliphatic rings. The first-order valence-corrected chi connectivity index (χ1v) is 8.66. The van der Waals surface area contributed by atoms with Gasteiger partial charge in [-0.3, -0.25) is 4.79 Å². The number of hydrogen-bond donors (Lipinski definition) is 3. The van der Waals surface area contributed by atoms with E-state index in [-0.39, 0.29) is 11.7 Å². The number of piperidine rings is 1. The summed E-state index contributed by atoms with van der Waals surface area (Å²) in [5.41, 5.74) is 0.696. The standard InChI is InChI=1S/C14H21N3O3S/c1-14(8-2-3-9-16-14)13(18)17-12-6-4-11(5-7-12)10-21(15,19)20/h4-7,16H,2-3,8-10H2,1H3,(H,17,18)(H2,15,19,20). The number of carbonyl (C=O) groups is 1. The van der Waals surface area contributed by atoms with Gasteiger partial charge in [-0.25, -0.2) is 13.6 Å². The average Bonchev–Trinajstić information content (AvgIpc) is 2.40. The van der Waals surface area contributed by atoms with Gasteiger partial charge in [-0.1, -0.05) is 12.1 Å². The molecule has 116 valence electrons. The van der Waals surface area contributed by atoms with Crippen molar-refractivity contribution in [3.8, 4) is 0 Å². The monoisotopic (exact) mass is 311 g/mol. The van der Waals surface area contributed by atoms with Crippen LogP contribution in [0, 0.1) is 0 Å². The molecule has 1 atom stereocenters. The van der Waals surface area contributed by atoms with Crippen LogP contribution in [-0.4, -0.2) is 26.4 Å². The molecule has 21 heavy (non-hydrogen) atoms. The second-order valence-electron chi connectivity index (χ2n) is 5.67. The van der Waals surface area contributed by atoms with E-state index < -0.39 is 15.6 Å². The third-order valence-corrected chi connectivity index (χ3v) is 4.44. The van der Waals surface area contributed by atoms with Gasteiger partial charge in [0, 0.05) is 5.69 Å². The second-order valence-corrected chi connectivity index (χ2v) is 7.29. The molecule has 0 spiro atoms. The molecule has 0 aromatic heterocycles. The summed E-state index contributed by atoms with van der Waals surface area (Å²) in [6.07, 6.45) is 2.93. The van der Waals surface area contributed by atoms with Gasteiger partial charge in [0.1, 0.15) is 0 Å². The van der Waals surface area contributed by atoms with Gasteiger partial charge in [0.05, 0.1) is 11.3 Å². The molecular formula is C14H21N3O3S. The van der Waals surface area contributed by atoms with Crippen molar-refractivity contribution in [1.29, 1.82) is 0 Å². The Labute approximate surface area is 125 Å². The maximum absolute atomic E-state index is 12.3. The van der Waals surface area contributed by atoms with E-state index in [0.29, 0.717) is 11.3 Å². The minimum atomic E-state index is -3.54. The maximum atomic E-state index is 12.3. The summed E-state index contributed by atoms with van der Waals surface area (Å²) in [4.78, 5) is 12.3. The fourth-order valence-electron chi connectivity index (χ4n) is 2.44. The number of primary sulfonamides is 1. The molecule has 0 saturated carbocycles. The number of hydrogen-bond acceptors (Lipinski definition) is 4. The van der Waals surface area contributed by atoms with Crippen LogP contribution in [0.5, 0.6) is 0 Å². The molecule has 2 rings (SSSR count). The third kappa shape index (κ3) is 4.52. The summed E-state index contributed by atoms with van der Waals surface area (Å²) in [6, 6.07) is 6.67. The van der Waals surface area contributed by atoms with Gasteiger partial charge < -0.3 is 10.6 Å². The molecule has 0 aliphatic carbocycles. The Morgan fingerprint density at radius 2 is 2.00 bits per heavy atom. The van der Waals surface area contributed by atoms with Crippen molar-refractivity contribution in [2.45, 2.75) is 37.5 Å². The lowest BCUT2D eigenvalue weighted by molar-refractivity contribution is -0.122. The lowest BCUT2D eigenvalue weighted by atomic mass is 9.90. The van der Waals surface area contributed by atoms with Crippen LogP contribution in [0.4, 0.5) is 5.69 Å². The number of nitrogens with two attached hydrogens (primary N) is 1. The van der Waals surface area contributed by atoms with E-state index in [2.05, 4.69) is 10.6 Å². The highest BCUT2D eigenvalue weighted by atomic mass is 32.2. The average molecular weight is 311 g/mol. The number of rotatable bonds is 4. The summed E-state index contributed by atoms with van der Waals surface area (Å²) in [5.74, 6) is -0.276. The zero-order chi connectivity index (χ0) is 15.5. The summed E-state index contributed by atoms with van der Waals surface area (Å²) in [5, 5.41) is 11.1. The number of anilines is 1. The van der Waals surface area contributed by atoms with Crippen LogP contribution in [0.1, 0.15) is 31.7 Å². The molecule has 1 heterocycles. The topological polar surface area (TPSA) is 101 Å². The van der Waals surface area contributed by atoms with E-state index in [1.165, 1.54) is 0 Å². The normalized spacial score (nSPS) is 22.8. The molecule has 1 fully saturated rings. The summed E-state index contributed by atoms with van der Waals surface area (Å²) in [6.45, 7) is 2.74. The molecule has 4 N–H and O–H groups in total. The van der Waals surface area contributed by atoms with E-state index in [1.54, 1.807) is 24.3 Å². The summed E-state index contributed by atoms with van der Waals surface area (Å²) < 4.78 is 22.0. The van der Waals surface area contributed by atoms with Gasteiger partial charge in [-0.15, -0.1) is 0 Å². The Balaban J connectivity index is 2.01. The van der Waals surface area contributed by atoms with Crippen molar-refractivity contribution < 1.29 is 13.2 Å². The van der Waals surface area contributed by atoms with Gasteiger partial charge in [0.2, 0.25) is 15.9 Å². The van der Waals surface area contributed by atoms with Crippen LogP contribution < -0.4 is 15.8 Å². The minimum absolute atomic E-state index is 0.0682. The van der Waals surface area contributed by atoms with Crippen LogP contribution in [0.2, 0.25) is 0 Å². The number of amides is 1. The van der Waals surface area contributed by atoms with Crippen molar-refractivity contribution in [2.75, 3.05) is 11.9 Å². The number of sulfonamides is 1. The lowest BCUT2D eigenvalue weighted by Crippen LogP contribution is -2.54. The highest BCUT2D eigenvalue weighted by molar-refractivity contribution is 7.88. The molecule has 1 unspecified atom stereocenters. The molecule has 7 heteroatoms. The van der Waals surface area contributed by atoms with Crippen molar-refractivity contribution in [1.82, 2.24) is 5.32 Å². The van der Waals surface area contributed by atoms with E-state index in [4.69, 9.17) is 5.14 Å². The first kappa shape index (κ1) is 15.9. The van der Waals surface area contributed by atoms with E-state index in [9.17, 15) is 13.2 Å². The predicted octanol–water partition coefficient (Wildman–Crippen LogP) is 0.946. The molecule has 1 aromatic carbocycles. The van der Waals surface area contributed by atoms with Gasteiger partial charge >= 0.3 is 0 Å². The predicted molar refractivity (Wildman–Crippen MR) is 82.1 cm³/mol. The van der Waals surface area contributed by atoms with Crippen molar-refractivity contribution in [3.63, 3.8) is 0 Å². The van der Waals surface area contributed by atoms with E-state index in [1.807, 2.05) is 6.92 Å². The van der Waals surface area contributed by atoms with Gasteiger partial charge in [0.15, 0.2) is 0 Å². The summed E-state index contributed by atoms with van der Waals surface area (Å²) in [7, 11) is -3.54. The van der Waals surface area contributed by atoms with Crippen LogP contribution >= 0.6 is 0 Å². The smallest absolute Gasteiger partial charge is 0.244 e. The van der Waals surface area contributed by atoms with Crippen molar-refractivity contribution >= 4 is 21.6 Å². The van der Waals surface area contributed by atoms with E-state index in [0.717, 1.165) is 25.8 Å². The molecule has 6 nitrogen and oxygen atoms in total. The quantitative estimate of drug-likeness (QED) is 0.770. The third-order valence-electron chi connectivity index (χ3n) is 3.70. The SMILES string of the molecule is CC1(C(=O)Nc2ccc(CS(N)(=O)=O)cc2)CCCCN1. The largest absolute Gasteiger partial charge is 0.324 e. The summed E-state index contributed by atoms with van der Waals surface area (Å²) >= 11 is 0. The molecule has 1 aliphatic heterocycles. The molecule has 1 aromatic rings. The first-order chi connectivity index (χ1) is 9.78. The number of benzene rings is 1. The van der Waals surface area contributed by atoms with Gasteiger partial charge in [-0.05, 0) is 50.4 Å². The number of carbonyl (C=O) groups excluding carboxylic acids is 1. The fourth-order valence-corrected chi connectivity index (χ4v) is 3.09. The van der Waals surface area contributed by atoms with E-state index >= 15 is 0 Å². The Morgan fingerprint density at radius 1 is 1.33 bits per heavy atom. The molecular weight excluding hydrogens is 290 g/mol. The zero-order valence-electron chi connectivity index (χ0n) is 12.1. The van der Waals surface area contributed by atoms with Crippen LogP contribution in [0.25, 0.3) is 0 Å². The molecule has 0 radical (unpaired) electrons. The molecule has 1 amide bonds. The molecule has 0 bridgehead atoms. The van der Waals surface area contributed by atoms with Crippen LogP contribution in [0.15, 0.2) is 24.3 Å². The highest BCUT2D eigenvalue weighted by Gasteiger charge is 2.34. The first-order valence-electron chi connectivity index (χ1n) is 6.94. The molecule has 1 saturated heterocycles. The number of nitrogens with one attached hydrogen (secondary N) is 2. The van der Waals surface area contributed by atoms with Crippen LogP contribution in [0.3, 0.4) is 0 Å². The Bertz CT molecular complexity index is 605. The van der Waals surface area contributed by atoms with Crippen LogP contribution in [-0.2, 0) is 20.6 Å². The lowest BCUT2D eigenvalue weighted by Gasteiger charge is -2.33. The Hall–Kier alpha value is -1.44. The van der Waals surface area contributed by atoms with Crippen molar-refractivity contribution in [3.05, 3.63) is 29.8 Å². The van der Waals surface area contributed by atoms with Gasteiger partial charge in [0.25, 0.3) is 0 Å². The minimum Gasteiger partial charge on any atom is -0.324 e. The van der Waals surface area contributed by atoms with Gasteiger partial charge in [-0.2, -0.15) is 0 Å². The fraction of sp³-hybridized carbons (Fsp3) is 0.500. The Morgan fingerprint density at radius 3 is 2.52 bits per heavy atom. The zero-order valence-corrected chi connectivity index (χ0v) is 12.9. The van der Waals surface area contributed by atoms with Crippen molar-refractivity contribution in [2.24, 2.45) is 5.14 Å². The maximum Gasteiger partial charge on any atom is 0.244 e. The Kier molecular flexibility index (Phi) is 4.65. The second kappa shape index (κ2) is 6.13.